The largest absolute Gasteiger partial charge is 0.493 e. The van der Waals surface area contributed by atoms with Crippen LogP contribution in [0.1, 0.15) is 29.4 Å². The van der Waals surface area contributed by atoms with Crippen molar-refractivity contribution in [3.05, 3.63) is 78.4 Å². The molecule has 2 heterocycles. The summed E-state index contributed by atoms with van der Waals surface area (Å²) in [6, 6.07) is 18.7. The van der Waals surface area contributed by atoms with Gasteiger partial charge in [0.25, 0.3) is 5.89 Å². The van der Waals surface area contributed by atoms with Crippen LogP contribution in [0.5, 0.6) is 5.75 Å². The van der Waals surface area contributed by atoms with Gasteiger partial charge in [-0.3, -0.25) is 0 Å². The Morgan fingerprint density at radius 3 is 2.41 bits per heavy atom. The van der Waals surface area contributed by atoms with Gasteiger partial charge < -0.3 is 13.9 Å². The molecular weight excluding hydrogens is 372 g/mol. The van der Waals surface area contributed by atoms with Gasteiger partial charge in [-0.1, -0.05) is 36.4 Å². The van der Waals surface area contributed by atoms with Gasteiger partial charge in [-0.2, -0.15) is 5.10 Å². The second-order valence-corrected chi connectivity index (χ2v) is 6.19. The Morgan fingerprint density at radius 1 is 1.03 bits per heavy atom. The molecule has 2 aromatic heterocycles. The van der Waals surface area contributed by atoms with Crippen LogP contribution in [-0.4, -0.2) is 33.1 Å². The van der Waals surface area contributed by atoms with Crippen LogP contribution in [-0.2, 0) is 4.74 Å². The van der Waals surface area contributed by atoms with Crippen molar-refractivity contribution in [3.8, 4) is 22.9 Å². The number of carbonyl (C=O) groups is 1. The molecule has 8 nitrogen and oxygen atoms in total. The van der Waals surface area contributed by atoms with Crippen LogP contribution in [0, 0.1) is 0 Å². The number of ether oxygens (including phenoxy) is 2. The first kappa shape index (κ1) is 18.4. The van der Waals surface area contributed by atoms with Crippen molar-refractivity contribution in [2.24, 2.45) is 0 Å². The molecule has 0 fully saturated rings. The van der Waals surface area contributed by atoms with E-state index in [0.29, 0.717) is 11.6 Å². The van der Waals surface area contributed by atoms with Crippen molar-refractivity contribution < 1.29 is 18.7 Å². The molecule has 0 aliphatic carbocycles. The van der Waals surface area contributed by atoms with Crippen LogP contribution in [0.2, 0.25) is 0 Å². The highest BCUT2D eigenvalue weighted by atomic mass is 16.6. The summed E-state index contributed by atoms with van der Waals surface area (Å²) in [6.45, 7) is 1.65. The van der Waals surface area contributed by atoms with Crippen molar-refractivity contribution in [2.45, 2.75) is 13.0 Å². The number of esters is 1. The Balaban J connectivity index is 1.52. The lowest BCUT2D eigenvalue weighted by molar-refractivity contribution is 0.0269. The van der Waals surface area contributed by atoms with Gasteiger partial charge in [0.1, 0.15) is 0 Å². The van der Waals surface area contributed by atoms with Gasteiger partial charge in [0.2, 0.25) is 11.6 Å². The van der Waals surface area contributed by atoms with Gasteiger partial charge in [-0.05, 0) is 31.2 Å². The van der Waals surface area contributed by atoms with Crippen molar-refractivity contribution in [3.63, 3.8) is 0 Å². The topological polar surface area (TPSA) is 92.3 Å². The predicted molar refractivity (Wildman–Crippen MR) is 104 cm³/mol. The lowest BCUT2D eigenvalue weighted by atomic mass is 10.2. The summed E-state index contributed by atoms with van der Waals surface area (Å²) >= 11 is 0. The van der Waals surface area contributed by atoms with Crippen LogP contribution < -0.4 is 4.74 Å². The zero-order chi connectivity index (χ0) is 20.2. The maximum Gasteiger partial charge on any atom is 0.363 e. The lowest BCUT2D eigenvalue weighted by Crippen LogP contribution is -2.11. The summed E-state index contributed by atoms with van der Waals surface area (Å²) in [5.74, 6) is 0.207. The van der Waals surface area contributed by atoms with E-state index >= 15 is 0 Å². The number of hydrogen-bond acceptors (Lipinski definition) is 7. The Hall–Kier alpha value is -3.94. The van der Waals surface area contributed by atoms with E-state index in [1.165, 1.54) is 7.11 Å². The van der Waals surface area contributed by atoms with E-state index in [9.17, 15) is 4.79 Å². The maximum atomic E-state index is 12.7. The van der Waals surface area contributed by atoms with Crippen molar-refractivity contribution in [1.29, 1.82) is 0 Å². The molecule has 4 rings (SSSR count). The van der Waals surface area contributed by atoms with Gasteiger partial charge in [0, 0.05) is 5.56 Å². The standard InChI is InChI=1S/C21H18N4O4/c1-14(19-22-23-20(29-19)15-9-5-3-6-10-15)28-21(26)18-17(27-2)13-25(24-18)16-11-7-4-8-12-16/h3-14H,1-2H3. The fraction of sp³-hybridized carbons (Fsp3) is 0.143. The van der Waals surface area contributed by atoms with E-state index in [2.05, 4.69) is 15.3 Å². The Labute approximate surface area is 166 Å². The van der Waals surface area contributed by atoms with Crippen LogP contribution in [0.3, 0.4) is 0 Å². The summed E-state index contributed by atoms with van der Waals surface area (Å²) in [5.41, 5.74) is 1.64. The SMILES string of the molecule is COc1cn(-c2ccccc2)nc1C(=O)OC(C)c1nnc(-c2ccccc2)o1. The van der Waals surface area contributed by atoms with E-state index in [-0.39, 0.29) is 11.6 Å². The van der Waals surface area contributed by atoms with E-state index in [1.807, 2.05) is 60.7 Å². The van der Waals surface area contributed by atoms with E-state index < -0.39 is 12.1 Å². The molecule has 146 valence electrons. The zero-order valence-corrected chi connectivity index (χ0v) is 15.9. The summed E-state index contributed by atoms with van der Waals surface area (Å²) in [5, 5.41) is 12.3. The highest BCUT2D eigenvalue weighted by Gasteiger charge is 2.25. The molecule has 1 unspecified atom stereocenters. The molecule has 0 bridgehead atoms. The second kappa shape index (κ2) is 7.97. The highest BCUT2D eigenvalue weighted by Crippen LogP contribution is 2.25. The second-order valence-electron chi connectivity index (χ2n) is 6.19. The van der Waals surface area contributed by atoms with Gasteiger partial charge in [0.05, 0.1) is 19.0 Å². The quantitative estimate of drug-likeness (QED) is 0.462. The summed E-state index contributed by atoms with van der Waals surface area (Å²) in [4.78, 5) is 12.7. The Bertz CT molecular complexity index is 1110. The van der Waals surface area contributed by atoms with Crippen LogP contribution in [0.15, 0.2) is 71.3 Å². The molecule has 8 heteroatoms. The molecule has 0 N–H and O–H groups in total. The van der Waals surface area contributed by atoms with Gasteiger partial charge >= 0.3 is 5.97 Å². The molecule has 0 amide bonds. The first-order valence-electron chi connectivity index (χ1n) is 8.94. The Morgan fingerprint density at radius 2 is 1.72 bits per heavy atom. The van der Waals surface area contributed by atoms with E-state index in [1.54, 1.807) is 17.8 Å². The Kier molecular flexibility index (Phi) is 5.07. The molecule has 0 saturated heterocycles. The highest BCUT2D eigenvalue weighted by molar-refractivity contribution is 5.90. The first-order valence-corrected chi connectivity index (χ1v) is 8.94. The third-order valence-electron chi connectivity index (χ3n) is 4.21. The number of carbonyl (C=O) groups excluding carboxylic acids is 1. The van der Waals surface area contributed by atoms with E-state index in [4.69, 9.17) is 13.9 Å². The zero-order valence-electron chi connectivity index (χ0n) is 15.9. The van der Waals surface area contributed by atoms with Crippen LogP contribution in [0.25, 0.3) is 17.1 Å². The smallest absolute Gasteiger partial charge is 0.363 e. The summed E-state index contributed by atoms with van der Waals surface area (Å²) in [6.07, 6.45) is 0.871. The molecule has 0 spiro atoms. The minimum Gasteiger partial charge on any atom is -0.493 e. The summed E-state index contributed by atoms with van der Waals surface area (Å²) < 4.78 is 18.0. The molecule has 0 radical (unpaired) electrons. The van der Waals surface area contributed by atoms with Gasteiger partial charge in [-0.25, -0.2) is 9.48 Å². The van der Waals surface area contributed by atoms with Gasteiger partial charge in [-0.15, -0.1) is 10.2 Å². The average Bonchev–Trinajstić information content (AvgIpc) is 3.43. The monoisotopic (exact) mass is 390 g/mol. The molecule has 0 saturated carbocycles. The molecule has 4 aromatic rings. The molecule has 0 aliphatic heterocycles. The molecule has 29 heavy (non-hydrogen) atoms. The van der Waals surface area contributed by atoms with Crippen molar-refractivity contribution >= 4 is 5.97 Å². The number of rotatable bonds is 6. The molecule has 1 atom stereocenters. The summed E-state index contributed by atoms with van der Waals surface area (Å²) in [7, 11) is 1.47. The number of benzene rings is 2. The lowest BCUT2D eigenvalue weighted by Gasteiger charge is -2.08. The number of hydrogen-bond donors (Lipinski definition) is 0. The first-order chi connectivity index (χ1) is 14.2. The van der Waals surface area contributed by atoms with Crippen molar-refractivity contribution in [2.75, 3.05) is 7.11 Å². The average molecular weight is 390 g/mol. The fourth-order valence-electron chi connectivity index (χ4n) is 2.72. The number of para-hydroxylation sites is 1. The predicted octanol–water partition coefficient (Wildman–Crippen LogP) is 3.85. The van der Waals surface area contributed by atoms with Crippen LogP contribution >= 0.6 is 0 Å². The number of aromatic nitrogens is 4. The van der Waals surface area contributed by atoms with Crippen molar-refractivity contribution in [1.82, 2.24) is 20.0 Å². The van der Waals surface area contributed by atoms with E-state index in [0.717, 1.165) is 11.3 Å². The normalized spacial score (nSPS) is 11.8. The minimum atomic E-state index is -0.751. The maximum absolute atomic E-state index is 12.7. The number of nitrogens with zero attached hydrogens (tertiary/aromatic N) is 4. The third-order valence-corrected chi connectivity index (χ3v) is 4.21. The van der Waals surface area contributed by atoms with Crippen LogP contribution in [0.4, 0.5) is 0 Å². The van der Waals surface area contributed by atoms with Gasteiger partial charge in [0.15, 0.2) is 11.9 Å². The number of methoxy groups -OCH3 is 1. The molecule has 0 aliphatic rings. The minimum absolute atomic E-state index is 0.0611. The third kappa shape index (κ3) is 3.86. The molecular formula is C21H18N4O4. The fourth-order valence-corrected chi connectivity index (χ4v) is 2.72. The molecule has 2 aromatic carbocycles.